The van der Waals surface area contributed by atoms with Crippen molar-refractivity contribution >= 4 is 32.8 Å². The standard InChI is InChI=1S/C31H39N7O/c1-18(2)27(38-39)17-22(5-3-13-32)30-34-24-11-8-20(16-28(24)36-30)19-7-10-23-21(15-19)9-12-25-29(23)37-31(35-25)26-6-4-14-33-26/h7-12,15-16,18,22,26-27,33,38-39H,3-6,13-14,17,32H2,1-2H3,(H,34,36)(H,35,37)/t22?,26-,27+/m0/s1. The second-order valence-electron chi connectivity index (χ2n) is 11.4. The Kier molecular flexibility index (Phi) is 7.36. The number of benzene rings is 3. The molecule has 0 bridgehead atoms. The average molecular weight is 526 g/mol. The van der Waals surface area contributed by atoms with Gasteiger partial charge in [-0.05, 0) is 91.9 Å². The van der Waals surface area contributed by atoms with Crippen molar-refractivity contribution in [1.29, 1.82) is 0 Å². The molecular weight excluding hydrogens is 486 g/mol. The Balaban J connectivity index is 1.31. The molecule has 204 valence electrons. The van der Waals surface area contributed by atoms with Crippen LogP contribution >= 0.6 is 0 Å². The van der Waals surface area contributed by atoms with Gasteiger partial charge in [0, 0.05) is 17.3 Å². The molecule has 5 aromatic rings. The minimum absolute atomic E-state index is 0.000590. The minimum atomic E-state index is 0.000590. The van der Waals surface area contributed by atoms with Gasteiger partial charge in [-0.3, -0.25) is 0 Å². The Bertz CT molecular complexity index is 1580. The first-order valence-electron chi connectivity index (χ1n) is 14.3. The van der Waals surface area contributed by atoms with Gasteiger partial charge in [0.2, 0.25) is 0 Å². The molecule has 7 N–H and O–H groups in total. The molecule has 8 heteroatoms. The van der Waals surface area contributed by atoms with Crippen molar-refractivity contribution in [3.05, 3.63) is 60.2 Å². The van der Waals surface area contributed by atoms with E-state index < -0.39 is 0 Å². The molecule has 0 spiro atoms. The van der Waals surface area contributed by atoms with E-state index in [0.717, 1.165) is 77.1 Å². The number of imidazole rings is 2. The van der Waals surface area contributed by atoms with E-state index in [4.69, 9.17) is 15.7 Å². The fourth-order valence-electron chi connectivity index (χ4n) is 6.00. The van der Waals surface area contributed by atoms with E-state index in [-0.39, 0.29) is 12.0 Å². The number of fused-ring (bicyclic) bond motifs is 4. The largest absolute Gasteiger partial charge is 0.342 e. The molecular formula is C31H39N7O. The number of hydrogen-bond acceptors (Lipinski definition) is 6. The molecule has 1 saturated heterocycles. The topological polar surface area (TPSA) is 128 Å². The summed E-state index contributed by atoms with van der Waals surface area (Å²) in [6, 6.07) is 17.7. The van der Waals surface area contributed by atoms with E-state index in [1.165, 1.54) is 17.2 Å². The summed E-state index contributed by atoms with van der Waals surface area (Å²) in [5.41, 5.74) is 14.8. The van der Waals surface area contributed by atoms with Gasteiger partial charge in [0.15, 0.2) is 0 Å². The summed E-state index contributed by atoms with van der Waals surface area (Å²) < 4.78 is 0. The summed E-state index contributed by atoms with van der Waals surface area (Å²) in [6.45, 7) is 5.93. The number of nitrogens with two attached hydrogens (primary N) is 1. The summed E-state index contributed by atoms with van der Waals surface area (Å²) in [4.78, 5) is 17.1. The lowest BCUT2D eigenvalue weighted by molar-refractivity contribution is 0.0950. The molecule has 1 aliphatic rings. The molecule has 8 nitrogen and oxygen atoms in total. The lowest BCUT2D eigenvalue weighted by Gasteiger charge is -2.24. The lowest BCUT2D eigenvalue weighted by Crippen LogP contribution is -2.33. The van der Waals surface area contributed by atoms with Crippen LogP contribution in [0.3, 0.4) is 0 Å². The zero-order chi connectivity index (χ0) is 26.9. The van der Waals surface area contributed by atoms with Crippen molar-refractivity contribution in [1.82, 2.24) is 30.7 Å². The Morgan fingerprint density at radius 2 is 1.87 bits per heavy atom. The number of aromatic amines is 2. The molecule has 39 heavy (non-hydrogen) atoms. The van der Waals surface area contributed by atoms with Gasteiger partial charge in [0.05, 0.1) is 28.1 Å². The first-order chi connectivity index (χ1) is 19.0. The highest BCUT2D eigenvalue weighted by Gasteiger charge is 2.23. The molecule has 0 saturated carbocycles. The quantitative estimate of drug-likeness (QED) is 0.126. The van der Waals surface area contributed by atoms with Crippen molar-refractivity contribution in [2.75, 3.05) is 13.1 Å². The average Bonchev–Trinajstić information content (AvgIpc) is 3.71. The van der Waals surface area contributed by atoms with Gasteiger partial charge >= 0.3 is 0 Å². The third-order valence-electron chi connectivity index (χ3n) is 8.36. The SMILES string of the molecule is CC(C)[C@@H](CC(CCCN)c1nc2ccc(-c3ccc4c(ccc5[nH]c([C@@H]6CCCN6)nc54)c3)cc2[nH]1)NO. The van der Waals surface area contributed by atoms with Crippen molar-refractivity contribution in [2.45, 2.75) is 64.0 Å². The van der Waals surface area contributed by atoms with Crippen LogP contribution in [0.2, 0.25) is 0 Å². The number of H-pyrrole nitrogens is 2. The zero-order valence-electron chi connectivity index (χ0n) is 22.8. The van der Waals surface area contributed by atoms with E-state index in [2.05, 4.69) is 83.1 Å². The number of aromatic nitrogens is 4. The van der Waals surface area contributed by atoms with Gasteiger partial charge in [-0.25, -0.2) is 15.4 Å². The van der Waals surface area contributed by atoms with Crippen LogP contribution in [0.5, 0.6) is 0 Å². The van der Waals surface area contributed by atoms with Gasteiger partial charge in [-0.1, -0.05) is 38.1 Å². The lowest BCUT2D eigenvalue weighted by atomic mass is 9.89. The number of nitrogens with zero attached hydrogens (tertiary/aromatic N) is 2. The Labute approximate surface area is 228 Å². The molecule has 6 rings (SSSR count). The summed E-state index contributed by atoms with van der Waals surface area (Å²) in [5.74, 6) is 2.51. The van der Waals surface area contributed by atoms with E-state index >= 15 is 0 Å². The van der Waals surface area contributed by atoms with Crippen LogP contribution in [0, 0.1) is 5.92 Å². The van der Waals surface area contributed by atoms with Crippen LogP contribution in [0.15, 0.2) is 48.5 Å². The van der Waals surface area contributed by atoms with Gasteiger partial charge < -0.3 is 26.2 Å². The van der Waals surface area contributed by atoms with Crippen molar-refractivity contribution in [2.24, 2.45) is 11.7 Å². The maximum absolute atomic E-state index is 9.69. The highest BCUT2D eigenvalue weighted by atomic mass is 16.5. The molecule has 0 aliphatic carbocycles. The maximum atomic E-state index is 9.69. The number of rotatable bonds is 10. The molecule has 0 amide bonds. The van der Waals surface area contributed by atoms with Gasteiger partial charge in [-0.2, -0.15) is 0 Å². The highest BCUT2D eigenvalue weighted by Crippen LogP contribution is 2.33. The van der Waals surface area contributed by atoms with E-state index in [0.29, 0.717) is 18.5 Å². The van der Waals surface area contributed by atoms with Crippen LogP contribution in [0.1, 0.15) is 69.6 Å². The highest BCUT2D eigenvalue weighted by molar-refractivity contribution is 6.05. The van der Waals surface area contributed by atoms with Gasteiger partial charge in [0.25, 0.3) is 0 Å². The second kappa shape index (κ2) is 11.1. The van der Waals surface area contributed by atoms with Crippen LogP contribution in [-0.2, 0) is 0 Å². The van der Waals surface area contributed by atoms with Crippen molar-refractivity contribution in [3.8, 4) is 11.1 Å². The normalized spacial score (nSPS) is 17.6. The second-order valence-corrected chi connectivity index (χ2v) is 11.4. The van der Waals surface area contributed by atoms with E-state index in [1.807, 2.05) is 0 Å². The van der Waals surface area contributed by atoms with Crippen LogP contribution in [-0.4, -0.2) is 44.3 Å². The summed E-state index contributed by atoms with van der Waals surface area (Å²) in [7, 11) is 0. The zero-order valence-corrected chi connectivity index (χ0v) is 22.8. The minimum Gasteiger partial charge on any atom is -0.342 e. The monoisotopic (exact) mass is 525 g/mol. The van der Waals surface area contributed by atoms with Crippen LogP contribution in [0.25, 0.3) is 44.0 Å². The predicted molar refractivity (Wildman–Crippen MR) is 158 cm³/mol. The Hall–Kier alpha value is -3.30. The van der Waals surface area contributed by atoms with E-state index in [1.54, 1.807) is 0 Å². The smallest absolute Gasteiger partial charge is 0.124 e. The van der Waals surface area contributed by atoms with Crippen LogP contribution in [0.4, 0.5) is 0 Å². The molecule has 3 heterocycles. The van der Waals surface area contributed by atoms with Crippen molar-refractivity contribution in [3.63, 3.8) is 0 Å². The fraction of sp³-hybridized carbons (Fsp3) is 0.419. The number of hydroxylamine groups is 1. The molecule has 1 unspecified atom stereocenters. The molecule has 3 atom stereocenters. The molecule has 1 aliphatic heterocycles. The summed E-state index contributed by atoms with van der Waals surface area (Å²) in [5, 5.41) is 15.6. The third kappa shape index (κ3) is 5.17. The molecule has 3 aromatic carbocycles. The Morgan fingerprint density at radius 3 is 2.64 bits per heavy atom. The van der Waals surface area contributed by atoms with Crippen molar-refractivity contribution < 1.29 is 5.21 Å². The number of hydrogen-bond donors (Lipinski definition) is 6. The summed E-state index contributed by atoms with van der Waals surface area (Å²) >= 11 is 0. The Morgan fingerprint density at radius 1 is 1.03 bits per heavy atom. The first-order valence-corrected chi connectivity index (χ1v) is 14.3. The predicted octanol–water partition coefficient (Wildman–Crippen LogP) is 5.90. The van der Waals surface area contributed by atoms with E-state index in [9.17, 15) is 5.21 Å². The van der Waals surface area contributed by atoms with Gasteiger partial charge in [-0.15, -0.1) is 0 Å². The summed E-state index contributed by atoms with van der Waals surface area (Å²) in [6.07, 6.45) is 4.97. The first kappa shape index (κ1) is 26.0. The van der Waals surface area contributed by atoms with Gasteiger partial charge in [0.1, 0.15) is 11.6 Å². The maximum Gasteiger partial charge on any atom is 0.124 e. The molecule has 2 aromatic heterocycles. The van der Waals surface area contributed by atoms with Crippen LogP contribution < -0.4 is 16.5 Å². The molecule has 1 fully saturated rings. The fourth-order valence-corrected chi connectivity index (χ4v) is 6.00. The molecule has 0 radical (unpaired) electrons. The number of nitrogens with one attached hydrogen (secondary N) is 4. The third-order valence-corrected chi connectivity index (χ3v) is 8.36.